The smallest absolute Gasteiger partial charge is 0.339 e. The summed E-state index contributed by atoms with van der Waals surface area (Å²) in [6.45, 7) is 2.94. The fraction of sp³-hybridized carbons (Fsp3) is 0.190. The van der Waals surface area contributed by atoms with E-state index in [4.69, 9.17) is 0 Å². The second kappa shape index (κ2) is 8.34. The van der Waals surface area contributed by atoms with E-state index in [1.807, 2.05) is 0 Å². The SMILES string of the molecule is COC(=O)c1cc([N+](=O)[O-])c(=O)n(CC(=O)c2cc(C)n(-c3ccc(F)cc3)c2C)c1. The number of hydrogen-bond acceptors (Lipinski definition) is 6. The lowest BCUT2D eigenvalue weighted by atomic mass is 10.1. The summed E-state index contributed by atoms with van der Waals surface area (Å²) >= 11 is 0. The van der Waals surface area contributed by atoms with Crippen LogP contribution in [0.3, 0.4) is 0 Å². The average molecular weight is 427 g/mol. The predicted octanol–water partition coefficient (Wildman–Crippen LogP) is 2.97. The van der Waals surface area contributed by atoms with Crippen molar-refractivity contribution in [1.82, 2.24) is 9.13 Å². The fourth-order valence-corrected chi connectivity index (χ4v) is 3.37. The molecule has 0 aliphatic carbocycles. The number of methoxy groups -OCH3 is 1. The minimum Gasteiger partial charge on any atom is -0.465 e. The molecule has 0 unspecified atom stereocenters. The summed E-state index contributed by atoms with van der Waals surface area (Å²) in [6.07, 6.45) is 1.05. The molecule has 0 bridgehead atoms. The van der Waals surface area contributed by atoms with Gasteiger partial charge in [0.15, 0.2) is 5.78 Å². The number of carbonyl (C=O) groups excluding carboxylic acids is 2. The van der Waals surface area contributed by atoms with Crippen LogP contribution in [0.5, 0.6) is 0 Å². The first kappa shape index (κ1) is 21.6. The Morgan fingerprint density at radius 2 is 1.81 bits per heavy atom. The van der Waals surface area contributed by atoms with Crippen molar-refractivity contribution in [3.63, 3.8) is 0 Å². The van der Waals surface area contributed by atoms with Crippen LogP contribution in [0.15, 0.2) is 47.4 Å². The molecule has 2 heterocycles. The van der Waals surface area contributed by atoms with Crippen molar-refractivity contribution < 1.29 is 23.6 Å². The molecule has 3 aromatic rings. The van der Waals surface area contributed by atoms with E-state index in [-0.39, 0.29) is 5.56 Å². The van der Waals surface area contributed by atoms with Crippen LogP contribution in [0.25, 0.3) is 5.69 Å². The molecule has 0 spiro atoms. The van der Waals surface area contributed by atoms with Crippen LogP contribution in [0, 0.1) is 29.8 Å². The number of benzene rings is 1. The minimum absolute atomic E-state index is 0.224. The molecule has 0 radical (unpaired) electrons. The maximum Gasteiger partial charge on any atom is 0.339 e. The summed E-state index contributed by atoms with van der Waals surface area (Å²) in [5.41, 5.74) is 0.120. The van der Waals surface area contributed by atoms with Gasteiger partial charge >= 0.3 is 17.2 Å². The topological polar surface area (TPSA) is 113 Å². The Morgan fingerprint density at radius 1 is 1.16 bits per heavy atom. The Balaban J connectivity index is 2.02. The molecule has 0 fully saturated rings. The fourth-order valence-electron chi connectivity index (χ4n) is 3.37. The number of nitrogens with zero attached hydrogens (tertiary/aromatic N) is 3. The molecule has 9 nitrogen and oxygen atoms in total. The lowest BCUT2D eigenvalue weighted by Gasteiger charge is -2.10. The molecule has 3 rings (SSSR count). The van der Waals surface area contributed by atoms with Crippen molar-refractivity contribution in [3.8, 4) is 5.69 Å². The molecular weight excluding hydrogens is 409 g/mol. The van der Waals surface area contributed by atoms with E-state index in [1.54, 1.807) is 36.6 Å². The summed E-state index contributed by atoms with van der Waals surface area (Å²) in [4.78, 5) is 47.5. The van der Waals surface area contributed by atoms with E-state index >= 15 is 0 Å². The van der Waals surface area contributed by atoms with Gasteiger partial charge < -0.3 is 13.9 Å². The first-order chi connectivity index (χ1) is 14.6. The van der Waals surface area contributed by atoms with Crippen molar-refractivity contribution in [3.05, 3.63) is 91.4 Å². The first-order valence-electron chi connectivity index (χ1n) is 9.09. The maximum absolute atomic E-state index is 13.2. The third-order valence-corrected chi connectivity index (χ3v) is 4.82. The number of aryl methyl sites for hydroxylation is 1. The highest BCUT2D eigenvalue weighted by molar-refractivity contribution is 5.97. The van der Waals surface area contributed by atoms with Crippen LogP contribution in [-0.2, 0) is 11.3 Å². The second-order valence-corrected chi connectivity index (χ2v) is 6.82. The molecule has 1 aromatic carbocycles. The van der Waals surface area contributed by atoms with Gasteiger partial charge in [0, 0.05) is 34.9 Å². The van der Waals surface area contributed by atoms with Gasteiger partial charge in [-0.05, 0) is 44.2 Å². The molecule has 0 aliphatic heterocycles. The highest BCUT2D eigenvalue weighted by Gasteiger charge is 2.23. The van der Waals surface area contributed by atoms with Gasteiger partial charge in [-0.1, -0.05) is 0 Å². The maximum atomic E-state index is 13.2. The number of aromatic nitrogens is 2. The van der Waals surface area contributed by atoms with Gasteiger partial charge in [0.2, 0.25) is 0 Å². The Morgan fingerprint density at radius 3 is 2.39 bits per heavy atom. The minimum atomic E-state index is -1.02. The molecule has 0 N–H and O–H groups in total. The molecule has 0 aliphatic rings. The number of esters is 1. The molecule has 0 saturated carbocycles. The zero-order valence-corrected chi connectivity index (χ0v) is 16.9. The molecule has 31 heavy (non-hydrogen) atoms. The van der Waals surface area contributed by atoms with Crippen LogP contribution < -0.4 is 5.56 Å². The van der Waals surface area contributed by atoms with Crippen LogP contribution in [0.1, 0.15) is 32.1 Å². The van der Waals surface area contributed by atoms with Gasteiger partial charge in [-0.3, -0.25) is 19.7 Å². The lowest BCUT2D eigenvalue weighted by molar-refractivity contribution is -0.386. The molecule has 10 heteroatoms. The van der Waals surface area contributed by atoms with Crippen molar-refractivity contribution in [2.75, 3.05) is 7.11 Å². The highest BCUT2D eigenvalue weighted by Crippen LogP contribution is 2.22. The van der Waals surface area contributed by atoms with Gasteiger partial charge in [0.25, 0.3) is 0 Å². The third kappa shape index (κ3) is 4.13. The van der Waals surface area contributed by atoms with Crippen molar-refractivity contribution in [1.29, 1.82) is 0 Å². The molecule has 0 amide bonds. The summed E-state index contributed by atoms with van der Waals surface area (Å²) in [5, 5.41) is 11.2. The van der Waals surface area contributed by atoms with Gasteiger partial charge in [-0.2, -0.15) is 0 Å². The quantitative estimate of drug-likeness (QED) is 0.259. The third-order valence-electron chi connectivity index (χ3n) is 4.82. The van der Waals surface area contributed by atoms with Crippen LogP contribution >= 0.6 is 0 Å². The number of ketones is 1. The van der Waals surface area contributed by atoms with E-state index in [1.165, 1.54) is 12.1 Å². The first-order valence-corrected chi connectivity index (χ1v) is 9.09. The van der Waals surface area contributed by atoms with E-state index in [9.17, 15) is 28.9 Å². The van der Waals surface area contributed by atoms with Crippen LogP contribution in [0.4, 0.5) is 10.1 Å². The summed E-state index contributed by atoms with van der Waals surface area (Å²) in [7, 11) is 1.10. The van der Waals surface area contributed by atoms with Gasteiger partial charge in [-0.25, -0.2) is 9.18 Å². The van der Waals surface area contributed by atoms with Crippen LogP contribution in [-0.4, -0.2) is 32.9 Å². The van der Waals surface area contributed by atoms with E-state index in [2.05, 4.69) is 4.74 Å². The Kier molecular flexibility index (Phi) is 5.82. The molecule has 0 atom stereocenters. The number of rotatable bonds is 6. The summed E-state index contributed by atoms with van der Waals surface area (Å²) < 4.78 is 20.4. The van der Waals surface area contributed by atoms with E-state index < -0.39 is 40.3 Å². The predicted molar refractivity (Wildman–Crippen MR) is 108 cm³/mol. The zero-order chi connectivity index (χ0) is 22.9. The number of halogens is 1. The van der Waals surface area contributed by atoms with Crippen molar-refractivity contribution in [2.45, 2.75) is 20.4 Å². The van der Waals surface area contributed by atoms with Gasteiger partial charge in [-0.15, -0.1) is 0 Å². The number of pyridine rings is 1. The largest absolute Gasteiger partial charge is 0.465 e. The monoisotopic (exact) mass is 427 g/mol. The van der Waals surface area contributed by atoms with Crippen molar-refractivity contribution >= 4 is 17.4 Å². The molecular formula is C21H18FN3O6. The molecule has 0 saturated heterocycles. The standard InChI is InChI=1S/C21H18FN3O6/c1-12-8-17(13(2)24(12)16-6-4-15(22)5-7-16)19(26)11-23-10-14(21(28)31-3)9-18(20(23)27)25(29)30/h4-10H,11H2,1-3H3. The second-order valence-electron chi connectivity index (χ2n) is 6.82. The Bertz CT molecular complexity index is 1260. The molecule has 160 valence electrons. The number of nitro groups is 1. The summed E-state index contributed by atoms with van der Waals surface area (Å²) in [5.74, 6) is -1.76. The Labute approximate surface area is 175 Å². The van der Waals surface area contributed by atoms with E-state index in [0.717, 1.165) is 23.9 Å². The molecule has 2 aromatic heterocycles. The normalized spacial score (nSPS) is 10.7. The van der Waals surface area contributed by atoms with Gasteiger partial charge in [0.1, 0.15) is 5.82 Å². The summed E-state index contributed by atoms with van der Waals surface area (Å²) in [6, 6.07) is 8.16. The van der Waals surface area contributed by atoms with Gasteiger partial charge in [0.05, 0.1) is 24.1 Å². The Hall–Kier alpha value is -4.08. The zero-order valence-electron chi connectivity index (χ0n) is 16.9. The number of hydrogen-bond donors (Lipinski definition) is 0. The highest BCUT2D eigenvalue weighted by atomic mass is 19.1. The number of ether oxygens (including phenoxy) is 1. The van der Waals surface area contributed by atoms with Crippen molar-refractivity contribution in [2.24, 2.45) is 0 Å². The van der Waals surface area contributed by atoms with E-state index in [0.29, 0.717) is 22.6 Å². The number of Topliss-reactive ketones (excluding diaryl/α,β-unsaturated/α-hetero) is 1. The van der Waals surface area contributed by atoms with Crippen LogP contribution in [0.2, 0.25) is 0 Å². The lowest BCUT2D eigenvalue weighted by Crippen LogP contribution is -2.27. The number of carbonyl (C=O) groups is 2. The average Bonchev–Trinajstić information content (AvgIpc) is 3.03.